The predicted molar refractivity (Wildman–Crippen MR) is 86.3 cm³/mol. The third kappa shape index (κ3) is 3.67. The molecule has 5 heteroatoms. The van der Waals surface area contributed by atoms with Gasteiger partial charge in [-0.2, -0.15) is 0 Å². The standard InChI is InChI=1S/C16H17ClN2O2/c1-3-21-16(20)11-5-7-15(13(18)9-11)19-14-6-4-10(2)8-12(14)17/h4-9,19H,3,18H2,1-2H3. The molecule has 110 valence electrons. The van der Waals surface area contributed by atoms with Crippen LogP contribution >= 0.6 is 11.6 Å². The van der Waals surface area contributed by atoms with E-state index in [-0.39, 0.29) is 5.97 Å². The second-order valence-corrected chi connectivity index (χ2v) is 5.04. The van der Waals surface area contributed by atoms with E-state index in [1.165, 1.54) is 0 Å². The predicted octanol–water partition coefficient (Wildman–Crippen LogP) is 4.15. The lowest BCUT2D eigenvalue weighted by atomic mass is 10.1. The minimum Gasteiger partial charge on any atom is -0.462 e. The molecule has 4 nitrogen and oxygen atoms in total. The lowest BCUT2D eigenvalue weighted by Crippen LogP contribution is -2.06. The Morgan fingerprint density at radius 1 is 1.24 bits per heavy atom. The van der Waals surface area contributed by atoms with E-state index in [2.05, 4.69) is 5.32 Å². The number of esters is 1. The highest BCUT2D eigenvalue weighted by atomic mass is 35.5. The van der Waals surface area contributed by atoms with Gasteiger partial charge in [0.25, 0.3) is 0 Å². The SMILES string of the molecule is CCOC(=O)c1ccc(Nc2ccc(C)cc2Cl)c(N)c1. The van der Waals surface area contributed by atoms with E-state index in [0.717, 1.165) is 11.3 Å². The number of halogens is 1. The van der Waals surface area contributed by atoms with Crippen molar-refractivity contribution in [3.63, 3.8) is 0 Å². The van der Waals surface area contributed by atoms with Crippen LogP contribution in [0.3, 0.4) is 0 Å². The zero-order valence-corrected chi connectivity index (χ0v) is 12.7. The van der Waals surface area contributed by atoms with Gasteiger partial charge in [0.2, 0.25) is 0 Å². The van der Waals surface area contributed by atoms with Crippen LogP contribution in [0, 0.1) is 6.92 Å². The molecule has 2 aromatic carbocycles. The molecule has 0 aliphatic carbocycles. The number of ether oxygens (including phenoxy) is 1. The smallest absolute Gasteiger partial charge is 0.338 e. The highest BCUT2D eigenvalue weighted by Gasteiger charge is 2.10. The summed E-state index contributed by atoms with van der Waals surface area (Å²) in [6, 6.07) is 10.7. The molecule has 0 aliphatic rings. The average Bonchev–Trinajstić information content (AvgIpc) is 2.44. The fraction of sp³-hybridized carbons (Fsp3) is 0.188. The second-order valence-electron chi connectivity index (χ2n) is 4.63. The number of carbonyl (C=O) groups is 1. The maximum Gasteiger partial charge on any atom is 0.338 e. The first-order chi connectivity index (χ1) is 10.0. The Bertz CT molecular complexity index is 671. The van der Waals surface area contributed by atoms with Crippen molar-refractivity contribution in [2.45, 2.75) is 13.8 Å². The molecule has 3 N–H and O–H groups in total. The zero-order valence-electron chi connectivity index (χ0n) is 11.9. The summed E-state index contributed by atoms with van der Waals surface area (Å²) in [6.07, 6.45) is 0. The number of hydrogen-bond acceptors (Lipinski definition) is 4. The van der Waals surface area contributed by atoms with Gasteiger partial charge in [0.1, 0.15) is 0 Å². The first-order valence-electron chi connectivity index (χ1n) is 6.61. The van der Waals surface area contributed by atoms with E-state index in [0.29, 0.717) is 28.6 Å². The van der Waals surface area contributed by atoms with Crippen molar-refractivity contribution < 1.29 is 9.53 Å². The van der Waals surface area contributed by atoms with E-state index in [4.69, 9.17) is 22.1 Å². The second kappa shape index (κ2) is 6.50. The fourth-order valence-corrected chi connectivity index (χ4v) is 2.17. The normalized spacial score (nSPS) is 10.2. The lowest BCUT2D eigenvalue weighted by molar-refractivity contribution is 0.0526. The number of carbonyl (C=O) groups excluding carboxylic acids is 1. The summed E-state index contributed by atoms with van der Waals surface area (Å²) in [6.45, 7) is 4.06. The van der Waals surface area contributed by atoms with E-state index in [1.54, 1.807) is 25.1 Å². The Hall–Kier alpha value is -2.20. The number of nitrogens with one attached hydrogen (secondary N) is 1. The highest BCUT2D eigenvalue weighted by molar-refractivity contribution is 6.33. The minimum atomic E-state index is -0.385. The van der Waals surface area contributed by atoms with Gasteiger partial charge in [-0.15, -0.1) is 0 Å². The van der Waals surface area contributed by atoms with E-state index in [9.17, 15) is 4.79 Å². The van der Waals surface area contributed by atoms with Crippen LogP contribution in [-0.4, -0.2) is 12.6 Å². The molecule has 2 aromatic rings. The van der Waals surface area contributed by atoms with Gasteiger partial charge in [0.05, 0.1) is 34.3 Å². The average molecular weight is 305 g/mol. The molecule has 0 saturated heterocycles. The molecule has 0 amide bonds. The van der Waals surface area contributed by atoms with Crippen molar-refractivity contribution in [3.05, 3.63) is 52.5 Å². The summed E-state index contributed by atoms with van der Waals surface area (Å²) in [5, 5.41) is 3.77. The summed E-state index contributed by atoms with van der Waals surface area (Å²) in [7, 11) is 0. The Morgan fingerprint density at radius 3 is 2.57 bits per heavy atom. The van der Waals surface area contributed by atoms with Gasteiger partial charge in [-0.25, -0.2) is 4.79 Å². The lowest BCUT2D eigenvalue weighted by Gasteiger charge is -2.12. The largest absolute Gasteiger partial charge is 0.462 e. The molecule has 0 spiro atoms. The Kier molecular flexibility index (Phi) is 4.70. The van der Waals surface area contributed by atoms with Gasteiger partial charge in [-0.1, -0.05) is 17.7 Å². The molecule has 0 fully saturated rings. The van der Waals surface area contributed by atoms with Gasteiger partial charge in [-0.3, -0.25) is 0 Å². The van der Waals surface area contributed by atoms with Gasteiger partial charge in [0, 0.05) is 0 Å². The number of hydrogen-bond donors (Lipinski definition) is 2. The maximum atomic E-state index is 11.6. The quantitative estimate of drug-likeness (QED) is 0.658. The maximum absolute atomic E-state index is 11.6. The summed E-state index contributed by atoms with van der Waals surface area (Å²) in [5.41, 5.74) is 9.38. The molecule has 0 unspecified atom stereocenters. The molecule has 0 aromatic heterocycles. The summed E-state index contributed by atoms with van der Waals surface area (Å²) in [5.74, 6) is -0.385. The molecule has 0 radical (unpaired) electrons. The van der Waals surface area contributed by atoms with Gasteiger partial charge >= 0.3 is 5.97 Å². The van der Waals surface area contributed by atoms with Crippen molar-refractivity contribution in [1.29, 1.82) is 0 Å². The van der Waals surface area contributed by atoms with E-state index in [1.807, 2.05) is 25.1 Å². The molecule has 21 heavy (non-hydrogen) atoms. The Labute approximate surface area is 128 Å². The summed E-state index contributed by atoms with van der Waals surface area (Å²) < 4.78 is 4.94. The number of nitrogen functional groups attached to an aromatic ring is 1. The van der Waals surface area contributed by atoms with Crippen LogP contribution in [0.15, 0.2) is 36.4 Å². The van der Waals surface area contributed by atoms with Crippen molar-refractivity contribution in [3.8, 4) is 0 Å². The van der Waals surface area contributed by atoms with Crippen LogP contribution in [0.1, 0.15) is 22.8 Å². The van der Waals surface area contributed by atoms with Crippen molar-refractivity contribution in [2.24, 2.45) is 0 Å². The van der Waals surface area contributed by atoms with E-state index < -0.39 is 0 Å². The Morgan fingerprint density at radius 2 is 1.95 bits per heavy atom. The van der Waals surface area contributed by atoms with Crippen molar-refractivity contribution in [1.82, 2.24) is 0 Å². The number of aryl methyl sites for hydroxylation is 1. The number of anilines is 3. The van der Waals surface area contributed by atoms with Crippen LogP contribution in [0.25, 0.3) is 0 Å². The molecule has 0 heterocycles. The highest BCUT2D eigenvalue weighted by Crippen LogP contribution is 2.29. The first-order valence-corrected chi connectivity index (χ1v) is 6.99. The molecule has 0 saturated carbocycles. The summed E-state index contributed by atoms with van der Waals surface area (Å²) >= 11 is 6.18. The number of rotatable bonds is 4. The van der Waals surface area contributed by atoms with Gasteiger partial charge in [-0.05, 0) is 49.7 Å². The van der Waals surface area contributed by atoms with Gasteiger partial charge in [0.15, 0.2) is 0 Å². The van der Waals surface area contributed by atoms with Crippen LogP contribution in [0.5, 0.6) is 0 Å². The van der Waals surface area contributed by atoms with Crippen LogP contribution in [0.4, 0.5) is 17.1 Å². The topological polar surface area (TPSA) is 64.3 Å². The molecular weight excluding hydrogens is 288 g/mol. The molecule has 0 aliphatic heterocycles. The molecular formula is C16H17ClN2O2. The summed E-state index contributed by atoms with van der Waals surface area (Å²) in [4.78, 5) is 11.6. The molecule has 0 bridgehead atoms. The van der Waals surface area contributed by atoms with E-state index >= 15 is 0 Å². The van der Waals surface area contributed by atoms with Crippen LogP contribution < -0.4 is 11.1 Å². The van der Waals surface area contributed by atoms with Crippen molar-refractivity contribution >= 4 is 34.6 Å². The first kappa shape index (κ1) is 15.2. The van der Waals surface area contributed by atoms with Crippen molar-refractivity contribution in [2.75, 3.05) is 17.7 Å². The fourth-order valence-electron chi connectivity index (χ4n) is 1.88. The zero-order chi connectivity index (χ0) is 15.4. The third-order valence-electron chi connectivity index (χ3n) is 2.96. The van der Waals surface area contributed by atoms with Crippen LogP contribution in [-0.2, 0) is 4.74 Å². The minimum absolute atomic E-state index is 0.331. The third-order valence-corrected chi connectivity index (χ3v) is 3.27. The van der Waals surface area contributed by atoms with Gasteiger partial charge < -0.3 is 15.8 Å². The molecule has 0 atom stereocenters. The number of benzene rings is 2. The van der Waals surface area contributed by atoms with Crippen LogP contribution in [0.2, 0.25) is 5.02 Å². The Balaban J connectivity index is 2.23. The molecule has 2 rings (SSSR count). The number of nitrogens with two attached hydrogens (primary N) is 1. The monoisotopic (exact) mass is 304 g/mol.